The van der Waals surface area contributed by atoms with Gasteiger partial charge in [0.25, 0.3) is 0 Å². The summed E-state index contributed by atoms with van der Waals surface area (Å²) < 4.78 is 14.0. The highest BCUT2D eigenvalue weighted by Gasteiger charge is 2.15. The number of halogens is 3. The predicted octanol–water partition coefficient (Wildman–Crippen LogP) is 4.86. The molecule has 1 nitrogen and oxygen atoms in total. The van der Waals surface area contributed by atoms with Gasteiger partial charge in [-0.1, -0.05) is 23.7 Å². The Hall–Kier alpha value is -0.900. The fraction of sp³-hybridized carbons (Fsp3) is 0.200. The third-order valence-electron chi connectivity index (χ3n) is 3.11. The van der Waals surface area contributed by atoms with Crippen LogP contribution in [0.2, 0.25) is 5.02 Å². The second-order valence-corrected chi connectivity index (χ2v) is 5.66. The molecule has 0 aromatic heterocycles. The number of hydrogen-bond acceptors (Lipinski definition) is 1. The van der Waals surface area contributed by atoms with E-state index < -0.39 is 0 Å². The Bertz CT molecular complexity index is 601. The first-order chi connectivity index (χ1) is 9.02. The Balaban J connectivity index is 2.46. The standard InChI is InChI=1S/C15H14BrClFN/c1-9-7-11(18)4-5-12(9)15(19-2)10-3-6-14(17)13(16)8-10/h3-8,15,19H,1-2H3. The summed E-state index contributed by atoms with van der Waals surface area (Å²) in [5.74, 6) is -0.214. The molecular weight excluding hydrogens is 329 g/mol. The highest BCUT2D eigenvalue weighted by Crippen LogP contribution is 2.30. The summed E-state index contributed by atoms with van der Waals surface area (Å²) in [5, 5.41) is 3.93. The van der Waals surface area contributed by atoms with Crippen LogP contribution in [0.15, 0.2) is 40.9 Å². The van der Waals surface area contributed by atoms with E-state index in [2.05, 4.69) is 21.2 Å². The van der Waals surface area contributed by atoms with Gasteiger partial charge >= 0.3 is 0 Å². The normalized spacial score (nSPS) is 12.5. The number of hydrogen-bond donors (Lipinski definition) is 1. The van der Waals surface area contributed by atoms with Gasteiger partial charge in [0.1, 0.15) is 5.82 Å². The first kappa shape index (κ1) is 14.5. The molecule has 2 aromatic rings. The lowest BCUT2D eigenvalue weighted by atomic mass is 9.95. The summed E-state index contributed by atoms with van der Waals surface area (Å²) in [6.45, 7) is 1.91. The van der Waals surface area contributed by atoms with Crippen molar-refractivity contribution in [3.63, 3.8) is 0 Å². The first-order valence-corrected chi connectivity index (χ1v) is 7.08. The molecule has 1 unspecified atom stereocenters. The predicted molar refractivity (Wildman–Crippen MR) is 81.2 cm³/mol. The van der Waals surface area contributed by atoms with Gasteiger partial charge in [-0.3, -0.25) is 0 Å². The van der Waals surface area contributed by atoms with E-state index in [1.165, 1.54) is 6.07 Å². The van der Waals surface area contributed by atoms with Crippen LogP contribution in [0.4, 0.5) is 4.39 Å². The van der Waals surface area contributed by atoms with Crippen molar-refractivity contribution in [2.75, 3.05) is 7.05 Å². The monoisotopic (exact) mass is 341 g/mol. The van der Waals surface area contributed by atoms with Crippen LogP contribution in [0.5, 0.6) is 0 Å². The molecule has 4 heteroatoms. The van der Waals surface area contributed by atoms with Crippen molar-refractivity contribution < 1.29 is 4.39 Å². The van der Waals surface area contributed by atoms with Crippen molar-refractivity contribution in [1.82, 2.24) is 5.32 Å². The Kier molecular flexibility index (Phi) is 4.61. The van der Waals surface area contributed by atoms with Gasteiger partial charge in [0.2, 0.25) is 0 Å². The van der Waals surface area contributed by atoms with E-state index in [9.17, 15) is 4.39 Å². The van der Waals surface area contributed by atoms with Crippen molar-refractivity contribution in [2.24, 2.45) is 0 Å². The Morgan fingerprint density at radius 1 is 1.21 bits per heavy atom. The summed E-state index contributed by atoms with van der Waals surface area (Å²) in [7, 11) is 1.88. The second kappa shape index (κ2) is 6.04. The number of rotatable bonds is 3. The Morgan fingerprint density at radius 3 is 2.53 bits per heavy atom. The van der Waals surface area contributed by atoms with Crippen LogP contribution in [0.3, 0.4) is 0 Å². The molecule has 0 amide bonds. The zero-order chi connectivity index (χ0) is 14.0. The molecule has 0 aliphatic carbocycles. The van der Waals surface area contributed by atoms with E-state index in [1.54, 1.807) is 6.07 Å². The van der Waals surface area contributed by atoms with Crippen LogP contribution in [0.1, 0.15) is 22.7 Å². The molecule has 0 fully saturated rings. The Labute approximate surface area is 125 Å². The van der Waals surface area contributed by atoms with Crippen molar-refractivity contribution >= 4 is 27.5 Å². The molecule has 1 atom stereocenters. The van der Waals surface area contributed by atoms with Gasteiger partial charge in [0.15, 0.2) is 0 Å². The maximum absolute atomic E-state index is 13.2. The molecule has 0 bridgehead atoms. The summed E-state index contributed by atoms with van der Waals surface area (Å²) in [5.41, 5.74) is 3.05. The summed E-state index contributed by atoms with van der Waals surface area (Å²) in [6.07, 6.45) is 0. The lowest BCUT2D eigenvalue weighted by molar-refractivity contribution is 0.621. The molecule has 0 spiro atoms. The van der Waals surface area contributed by atoms with Crippen molar-refractivity contribution in [3.8, 4) is 0 Å². The smallest absolute Gasteiger partial charge is 0.123 e. The van der Waals surface area contributed by atoms with Crippen LogP contribution in [0.25, 0.3) is 0 Å². The summed E-state index contributed by atoms with van der Waals surface area (Å²) in [4.78, 5) is 0. The van der Waals surface area contributed by atoms with E-state index in [1.807, 2.05) is 38.2 Å². The topological polar surface area (TPSA) is 12.0 Å². The maximum Gasteiger partial charge on any atom is 0.123 e. The van der Waals surface area contributed by atoms with Gasteiger partial charge in [-0.2, -0.15) is 0 Å². The maximum atomic E-state index is 13.2. The lowest BCUT2D eigenvalue weighted by Crippen LogP contribution is -2.18. The fourth-order valence-corrected chi connectivity index (χ4v) is 2.67. The molecule has 2 rings (SSSR count). The summed E-state index contributed by atoms with van der Waals surface area (Å²) in [6, 6.07) is 10.7. The first-order valence-electron chi connectivity index (χ1n) is 5.91. The average Bonchev–Trinajstić information content (AvgIpc) is 2.37. The van der Waals surface area contributed by atoms with E-state index in [-0.39, 0.29) is 11.9 Å². The molecule has 0 saturated carbocycles. The van der Waals surface area contributed by atoms with E-state index in [4.69, 9.17) is 11.6 Å². The molecule has 19 heavy (non-hydrogen) atoms. The molecule has 0 aliphatic rings. The molecule has 0 aliphatic heterocycles. The Morgan fingerprint density at radius 2 is 1.95 bits per heavy atom. The molecule has 1 N–H and O–H groups in total. The van der Waals surface area contributed by atoms with Crippen LogP contribution < -0.4 is 5.32 Å². The van der Waals surface area contributed by atoms with E-state index >= 15 is 0 Å². The largest absolute Gasteiger partial charge is 0.309 e. The third-order valence-corrected chi connectivity index (χ3v) is 4.32. The van der Waals surface area contributed by atoms with Crippen molar-refractivity contribution in [3.05, 3.63) is 68.4 Å². The zero-order valence-corrected chi connectivity index (χ0v) is 13.0. The average molecular weight is 343 g/mol. The molecule has 2 aromatic carbocycles. The van der Waals surface area contributed by atoms with Gasteiger partial charge in [-0.15, -0.1) is 0 Å². The van der Waals surface area contributed by atoms with E-state index in [0.717, 1.165) is 21.2 Å². The fourth-order valence-electron chi connectivity index (χ4n) is 2.16. The van der Waals surface area contributed by atoms with Crippen LogP contribution in [0, 0.1) is 12.7 Å². The minimum atomic E-state index is -0.214. The summed E-state index contributed by atoms with van der Waals surface area (Å²) >= 11 is 9.44. The molecule has 100 valence electrons. The SMILES string of the molecule is CNC(c1ccc(Cl)c(Br)c1)c1ccc(F)cc1C. The van der Waals surface area contributed by atoms with Gasteiger partial charge < -0.3 is 5.32 Å². The van der Waals surface area contributed by atoms with Gasteiger partial charge in [-0.25, -0.2) is 4.39 Å². The van der Waals surface area contributed by atoms with Crippen LogP contribution in [-0.2, 0) is 0 Å². The molecule has 0 heterocycles. The van der Waals surface area contributed by atoms with Gasteiger partial charge in [0, 0.05) is 4.47 Å². The van der Waals surface area contributed by atoms with E-state index in [0.29, 0.717) is 5.02 Å². The van der Waals surface area contributed by atoms with Crippen molar-refractivity contribution in [2.45, 2.75) is 13.0 Å². The minimum Gasteiger partial charge on any atom is -0.309 e. The number of benzene rings is 2. The van der Waals surface area contributed by atoms with Crippen molar-refractivity contribution in [1.29, 1.82) is 0 Å². The zero-order valence-electron chi connectivity index (χ0n) is 10.7. The molecular formula is C15H14BrClFN. The number of nitrogens with one attached hydrogen (secondary N) is 1. The highest BCUT2D eigenvalue weighted by molar-refractivity contribution is 9.10. The molecule has 0 saturated heterocycles. The van der Waals surface area contributed by atoms with Crippen LogP contribution >= 0.6 is 27.5 Å². The number of aryl methyl sites for hydroxylation is 1. The third kappa shape index (κ3) is 3.16. The lowest BCUT2D eigenvalue weighted by Gasteiger charge is -2.20. The minimum absolute atomic E-state index is 0.00849. The highest BCUT2D eigenvalue weighted by atomic mass is 79.9. The molecule has 0 radical (unpaired) electrons. The quantitative estimate of drug-likeness (QED) is 0.840. The van der Waals surface area contributed by atoms with Crippen LogP contribution in [-0.4, -0.2) is 7.05 Å². The van der Waals surface area contributed by atoms with Gasteiger partial charge in [0.05, 0.1) is 11.1 Å². The van der Waals surface area contributed by atoms with Gasteiger partial charge in [-0.05, 0) is 70.9 Å². The second-order valence-electron chi connectivity index (χ2n) is 4.40.